The van der Waals surface area contributed by atoms with Gasteiger partial charge in [0.05, 0.1) is 0 Å². The summed E-state index contributed by atoms with van der Waals surface area (Å²) in [6.07, 6.45) is 0. The Bertz CT molecular complexity index is 372. The summed E-state index contributed by atoms with van der Waals surface area (Å²) in [5.74, 6) is 0. The summed E-state index contributed by atoms with van der Waals surface area (Å²) in [4.78, 5) is 2.42. The first-order valence-corrected chi connectivity index (χ1v) is 7.35. The minimum Gasteiger partial charge on any atom is -0.329 e. The van der Waals surface area contributed by atoms with E-state index in [-0.39, 0.29) is 6.04 Å². The maximum atomic E-state index is 5.93. The van der Waals surface area contributed by atoms with Gasteiger partial charge >= 0.3 is 0 Å². The van der Waals surface area contributed by atoms with Gasteiger partial charge in [0.1, 0.15) is 0 Å². The summed E-state index contributed by atoms with van der Waals surface area (Å²) in [6, 6.07) is 6.72. The van der Waals surface area contributed by atoms with Crippen LogP contribution in [0.1, 0.15) is 36.6 Å². The average molecular weight is 263 g/mol. The minimum atomic E-state index is 0.260. The zero-order valence-electron chi connectivity index (χ0n) is 12.9. The van der Waals surface area contributed by atoms with Crippen LogP contribution in [0.3, 0.4) is 0 Å². The molecule has 1 atom stereocenters. The second-order valence-electron chi connectivity index (χ2n) is 5.06. The van der Waals surface area contributed by atoms with Crippen molar-refractivity contribution in [3.8, 4) is 0 Å². The van der Waals surface area contributed by atoms with Crippen LogP contribution in [0.5, 0.6) is 0 Å². The fourth-order valence-corrected chi connectivity index (χ4v) is 2.41. The van der Waals surface area contributed by atoms with E-state index in [1.165, 1.54) is 16.7 Å². The molecule has 0 heterocycles. The molecular formula is C16H29N3. The van der Waals surface area contributed by atoms with Gasteiger partial charge in [-0.1, -0.05) is 32.0 Å². The van der Waals surface area contributed by atoms with E-state index < -0.39 is 0 Å². The molecule has 0 aliphatic carbocycles. The summed E-state index contributed by atoms with van der Waals surface area (Å²) in [7, 11) is 0. The van der Waals surface area contributed by atoms with Crippen molar-refractivity contribution >= 4 is 0 Å². The standard InChI is InChI=1S/C16H29N3/c1-5-19(6-2)11-10-18-16(12-17)15-9-7-8-13(3)14(15)4/h7-9,16,18H,5-6,10-12,17H2,1-4H3. The summed E-state index contributed by atoms with van der Waals surface area (Å²) in [5.41, 5.74) is 9.95. The van der Waals surface area contributed by atoms with Gasteiger partial charge in [0.15, 0.2) is 0 Å². The van der Waals surface area contributed by atoms with Crippen LogP contribution in [-0.2, 0) is 0 Å². The number of nitrogens with zero attached hydrogens (tertiary/aromatic N) is 1. The topological polar surface area (TPSA) is 41.3 Å². The van der Waals surface area contributed by atoms with Gasteiger partial charge in [0.2, 0.25) is 0 Å². The highest BCUT2D eigenvalue weighted by Gasteiger charge is 2.12. The normalized spacial score (nSPS) is 12.9. The number of hydrogen-bond donors (Lipinski definition) is 2. The van der Waals surface area contributed by atoms with E-state index in [1.807, 2.05) is 0 Å². The first-order valence-electron chi connectivity index (χ1n) is 7.35. The minimum absolute atomic E-state index is 0.260. The number of nitrogens with one attached hydrogen (secondary N) is 1. The summed E-state index contributed by atoms with van der Waals surface area (Å²) >= 11 is 0. The van der Waals surface area contributed by atoms with Gasteiger partial charge in [-0.25, -0.2) is 0 Å². The highest BCUT2D eigenvalue weighted by Crippen LogP contribution is 2.19. The molecule has 0 bridgehead atoms. The van der Waals surface area contributed by atoms with Crippen molar-refractivity contribution in [3.63, 3.8) is 0 Å². The molecule has 0 aliphatic rings. The lowest BCUT2D eigenvalue weighted by atomic mass is 9.97. The Morgan fingerprint density at radius 1 is 1.21 bits per heavy atom. The molecule has 0 radical (unpaired) electrons. The van der Waals surface area contributed by atoms with Crippen LogP contribution >= 0.6 is 0 Å². The molecule has 0 aromatic heterocycles. The molecule has 108 valence electrons. The second kappa shape index (κ2) is 8.31. The molecule has 1 aromatic carbocycles. The van der Waals surface area contributed by atoms with Crippen LogP contribution in [0.15, 0.2) is 18.2 Å². The fourth-order valence-electron chi connectivity index (χ4n) is 2.41. The van der Waals surface area contributed by atoms with Crippen molar-refractivity contribution in [2.45, 2.75) is 33.7 Å². The molecule has 3 heteroatoms. The molecule has 1 aromatic rings. The quantitative estimate of drug-likeness (QED) is 0.756. The largest absolute Gasteiger partial charge is 0.329 e. The van der Waals surface area contributed by atoms with E-state index in [0.717, 1.165) is 26.2 Å². The van der Waals surface area contributed by atoms with Gasteiger partial charge in [-0.05, 0) is 43.6 Å². The molecule has 3 N–H and O–H groups in total. The average Bonchev–Trinajstić information content (AvgIpc) is 2.43. The number of likely N-dealkylation sites (N-methyl/N-ethyl adjacent to an activating group) is 1. The number of hydrogen-bond acceptors (Lipinski definition) is 3. The molecule has 19 heavy (non-hydrogen) atoms. The predicted octanol–water partition coefficient (Wildman–Crippen LogP) is 2.23. The molecule has 3 nitrogen and oxygen atoms in total. The zero-order chi connectivity index (χ0) is 14.3. The zero-order valence-corrected chi connectivity index (χ0v) is 12.9. The molecule has 0 saturated heterocycles. The molecule has 0 aliphatic heterocycles. The molecular weight excluding hydrogens is 234 g/mol. The van der Waals surface area contributed by atoms with Gasteiger partial charge in [0.25, 0.3) is 0 Å². The lowest BCUT2D eigenvalue weighted by molar-refractivity contribution is 0.296. The van der Waals surface area contributed by atoms with E-state index in [9.17, 15) is 0 Å². The third-order valence-electron chi connectivity index (χ3n) is 3.97. The highest BCUT2D eigenvalue weighted by atomic mass is 15.1. The van der Waals surface area contributed by atoms with Crippen LogP contribution in [0, 0.1) is 13.8 Å². The number of nitrogens with two attached hydrogens (primary N) is 1. The first-order chi connectivity index (χ1) is 9.13. The molecule has 0 saturated carbocycles. The molecule has 0 amide bonds. The highest BCUT2D eigenvalue weighted by molar-refractivity contribution is 5.35. The Morgan fingerprint density at radius 3 is 2.47 bits per heavy atom. The van der Waals surface area contributed by atoms with Crippen molar-refractivity contribution in [2.24, 2.45) is 5.73 Å². The van der Waals surface area contributed by atoms with Crippen LogP contribution in [0.4, 0.5) is 0 Å². The van der Waals surface area contributed by atoms with Gasteiger partial charge in [-0.2, -0.15) is 0 Å². The lowest BCUT2D eigenvalue weighted by Crippen LogP contribution is -2.36. The maximum Gasteiger partial charge on any atom is 0.0447 e. The van der Waals surface area contributed by atoms with E-state index in [2.05, 4.69) is 56.1 Å². The van der Waals surface area contributed by atoms with Gasteiger partial charge in [0, 0.05) is 25.7 Å². The van der Waals surface area contributed by atoms with Crippen molar-refractivity contribution in [2.75, 3.05) is 32.7 Å². The van der Waals surface area contributed by atoms with Crippen LogP contribution < -0.4 is 11.1 Å². The van der Waals surface area contributed by atoms with E-state index in [4.69, 9.17) is 5.73 Å². The summed E-state index contributed by atoms with van der Waals surface area (Å²) < 4.78 is 0. The van der Waals surface area contributed by atoms with Gasteiger partial charge < -0.3 is 16.0 Å². The number of aryl methyl sites for hydroxylation is 1. The Hall–Kier alpha value is -0.900. The van der Waals surface area contributed by atoms with Crippen molar-refractivity contribution in [1.29, 1.82) is 0 Å². The smallest absolute Gasteiger partial charge is 0.0447 e. The third kappa shape index (κ3) is 4.60. The van der Waals surface area contributed by atoms with E-state index in [0.29, 0.717) is 6.54 Å². The monoisotopic (exact) mass is 263 g/mol. The fraction of sp³-hybridized carbons (Fsp3) is 0.625. The Kier molecular flexibility index (Phi) is 7.06. The van der Waals surface area contributed by atoms with Crippen LogP contribution in [0.25, 0.3) is 0 Å². The van der Waals surface area contributed by atoms with Gasteiger partial charge in [-0.3, -0.25) is 0 Å². The summed E-state index contributed by atoms with van der Waals surface area (Å²) in [6.45, 7) is 13.7. The van der Waals surface area contributed by atoms with Gasteiger partial charge in [-0.15, -0.1) is 0 Å². The maximum absolute atomic E-state index is 5.93. The molecule has 1 rings (SSSR count). The Morgan fingerprint density at radius 2 is 1.89 bits per heavy atom. The van der Waals surface area contributed by atoms with E-state index >= 15 is 0 Å². The van der Waals surface area contributed by atoms with Crippen molar-refractivity contribution in [3.05, 3.63) is 34.9 Å². The summed E-state index contributed by atoms with van der Waals surface area (Å²) in [5, 5.41) is 3.59. The van der Waals surface area contributed by atoms with Crippen molar-refractivity contribution in [1.82, 2.24) is 10.2 Å². The first kappa shape index (κ1) is 16.2. The lowest BCUT2D eigenvalue weighted by Gasteiger charge is -2.23. The Labute approximate surface area is 118 Å². The third-order valence-corrected chi connectivity index (χ3v) is 3.97. The Balaban J connectivity index is 2.61. The molecule has 0 spiro atoms. The van der Waals surface area contributed by atoms with Crippen LogP contribution in [-0.4, -0.2) is 37.6 Å². The SMILES string of the molecule is CCN(CC)CCNC(CN)c1cccc(C)c1C. The van der Waals surface area contributed by atoms with E-state index in [1.54, 1.807) is 0 Å². The van der Waals surface area contributed by atoms with Crippen molar-refractivity contribution < 1.29 is 0 Å². The van der Waals surface area contributed by atoms with Crippen LogP contribution in [0.2, 0.25) is 0 Å². The molecule has 1 unspecified atom stereocenters. The second-order valence-corrected chi connectivity index (χ2v) is 5.06. The predicted molar refractivity (Wildman–Crippen MR) is 83.5 cm³/mol. The number of rotatable bonds is 8. The molecule has 0 fully saturated rings. The number of benzene rings is 1.